The smallest absolute Gasteiger partial charge is 0.224 e. The van der Waals surface area contributed by atoms with Gasteiger partial charge in [0, 0.05) is 12.0 Å². The first-order valence-electron chi connectivity index (χ1n) is 6.28. The van der Waals surface area contributed by atoms with Crippen LogP contribution in [-0.4, -0.2) is 24.7 Å². The average molecular weight is 261 g/mol. The molecule has 0 fully saturated rings. The van der Waals surface area contributed by atoms with Crippen LogP contribution < -0.4 is 10.1 Å². The number of amides is 1. The molecule has 1 aromatic carbocycles. The van der Waals surface area contributed by atoms with E-state index in [1.54, 1.807) is 25.3 Å². The topological polar surface area (TPSA) is 58.6 Å². The van der Waals surface area contributed by atoms with Gasteiger partial charge in [-0.3, -0.25) is 4.79 Å². The molecule has 0 bridgehead atoms. The van der Waals surface area contributed by atoms with Gasteiger partial charge in [-0.2, -0.15) is 0 Å². The van der Waals surface area contributed by atoms with Crippen LogP contribution in [-0.2, 0) is 4.79 Å². The number of hydrogen-bond donors (Lipinski definition) is 2. The summed E-state index contributed by atoms with van der Waals surface area (Å²) in [5, 5.41) is 11.5. The van der Waals surface area contributed by atoms with E-state index in [-0.39, 0.29) is 12.5 Å². The zero-order valence-electron chi connectivity index (χ0n) is 11.3. The van der Waals surface area contributed by atoms with Crippen molar-refractivity contribution in [2.45, 2.75) is 26.2 Å². The highest BCUT2D eigenvalue weighted by Crippen LogP contribution is 2.25. The maximum absolute atomic E-state index is 11.7. The minimum absolute atomic E-state index is 0.0348. The summed E-state index contributed by atoms with van der Waals surface area (Å²) in [5.41, 5.74) is 1.33. The van der Waals surface area contributed by atoms with E-state index in [2.05, 4.69) is 17.2 Å². The van der Waals surface area contributed by atoms with E-state index in [4.69, 9.17) is 9.84 Å². The Balaban J connectivity index is 2.86. The predicted octanol–water partition coefficient (Wildman–Crippen LogP) is 2.17. The summed E-state index contributed by atoms with van der Waals surface area (Å²) >= 11 is 0. The number of hydrogen-bond acceptors (Lipinski definition) is 3. The minimum Gasteiger partial charge on any atom is -0.495 e. The highest BCUT2D eigenvalue weighted by Gasteiger charge is 2.07. The van der Waals surface area contributed by atoms with Crippen LogP contribution in [0.4, 0.5) is 5.69 Å². The van der Waals surface area contributed by atoms with Crippen LogP contribution >= 0.6 is 0 Å². The molecule has 1 aromatic rings. The molecule has 0 aromatic heterocycles. The number of ether oxygens (including phenoxy) is 1. The Kier molecular flexibility index (Phi) is 6.48. The molecule has 0 aliphatic carbocycles. The van der Waals surface area contributed by atoms with Crippen molar-refractivity contribution < 1.29 is 14.6 Å². The Morgan fingerprint density at radius 2 is 2.26 bits per heavy atom. The molecule has 0 spiro atoms. The van der Waals surface area contributed by atoms with E-state index in [1.807, 2.05) is 6.92 Å². The molecule has 1 rings (SSSR count). The number of nitrogens with one attached hydrogen (secondary N) is 1. The fourth-order valence-corrected chi connectivity index (χ4v) is 1.58. The lowest BCUT2D eigenvalue weighted by Gasteiger charge is -2.10. The Morgan fingerprint density at radius 3 is 2.89 bits per heavy atom. The van der Waals surface area contributed by atoms with Gasteiger partial charge >= 0.3 is 0 Å². The number of benzene rings is 1. The number of rotatable bonds is 5. The summed E-state index contributed by atoms with van der Waals surface area (Å²) in [6, 6.07) is 5.27. The van der Waals surface area contributed by atoms with Gasteiger partial charge in [0.2, 0.25) is 5.91 Å². The molecule has 4 nitrogen and oxygen atoms in total. The zero-order chi connectivity index (χ0) is 14.1. The van der Waals surface area contributed by atoms with Crippen LogP contribution in [0.2, 0.25) is 0 Å². The number of carbonyl (C=O) groups is 1. The SMILES string of the molecule is CCCCC(=O)Nc1cc(C#CCO)ccc1OC. The van der Waals surface area contributed by atoms with Crippen LogP contribution in [0.25, 0.3) is 0 Å². The molecular weight excluding hydrogens is 242 g/mol. The normalized spacial score (nSPS) is 9.42. The van der Waals surface area contributed by atoms with Crippen molar-refractivity contribution in [2.24, 2.45) is 0 Å². The first kappa shape index (κ1) is 15.1. The van der Waals surface area contributed by atoms with E-state index in [1.165, 1.54) is 0 Å². The van der Waals surface area contributed by atoms with Gasteiger partial charge in [0.05, 0.1) is 12.8 Å². The predicted molar refractivity (Wildman–Crippen MR) is 75.1 cm³/mol. The third-order valence-corrected chi connectivity index (χ3v) is 2.54. The number of aliphatic hydroxyl groups is 1. The van der Waals surface area contributed by atoms with Crippen LogP contribution in [0.15, 0.2) is 18.2 Å². The Labute approximate surface area is 113 Å². The highest BCUT2D eigenvalue weighted by molar-refractivity contribution is 5.92. The zero-order valence-corrected chi connectivity index (χ0v) is 11.3. The fourth-order valence-electron chi connectivity index (χ4n) is 1.58. The van der Waals surface area contributed by atoms with Crippen molar-refractivity contribution >= 4 is 11.6 Å². The fraction of sp³-hybridized carbons (Fsp3) is 0.400. The molecule has 0 saturated carbocycles. The molecular formula is C15H19NO3. The van der Waals surface area contributed by atoms with Gasteiger partial charge in [0.1, 0.15) is 12.4 Å². The van der Waals surface area contributed by atoms with Crippen LogP contribution in [0.5, 0.6) is 5.75 Å². The van der Waals surface area contributed by atoms with Gasteiger partial charge in [-0.15, -0.1) is 0 Å². The Bertz CT molecular complexity index is 486. The maximum Gasteiger partial charge on any atom is 0.224 e. The lowest BCUT2D eigenvalue weighted by Crippen LogP contribution is -2.12. The molecule has 1 amide bonds. The second-order valence-corrected chi connectivity index (χ2v) is 4.03. The lowest BCUT2D eigenvalue weighted by atomic mass is 10.1. The number of aliphatic hydroxyl groups excluding tert-OH is 1. The number of unbranched alkanes of at least 4 members (excludes halogenated alkanes) is 1. The quantitative estimate of drug-likeness (QED) is 0.799. The van der Waals surface area contributed by atoms with Crippen LogP contribution in [0, 0.1) is 11.8 Å². The summed E-state index contributed by atoms with van der Waals surface area (Å²) in [6.45, 7) is 1.85. The van der Waals surface area contributed by atoms with Crippen LogP contribution in [0.1, 0.15) is 31.7 Å². The van der Waals surface area contributed by atoms with Crippen molar-refractivity contribution in [3.8, 4) is 17.6 Å². The number of anilines is 1. The Hall–Kier alpha value is -1.99. The maximum atomic E-state index is 11.7. The standard InChI is InChI=1S/C15H19NO3/c1-3-4-7-15(18)16-13-11-12(6-5-10-17)8-9-14(13)19-2/h8-9,11,17H,3-4,7,10H2,1-2H3,(H,16,18). The van der Waals surface area contributed by atoms with E-state index in [9.17, 15) is 4.79 Å². The molecule has 0 radical (unpaired) electrons. The van der Waals surface area contributed by atoms with Gasteiger partial charge in [0.15, 0.2) is 0 Å². The number of carbonyl (C=O) groups excluding carboxylic acids is 1. The molecule has 0 aliphatic rings. The van der Waals surface area contributed by atoms with Gasteiger partial charge in [-0.05, 0) is 24.6 Å². The molecule has 0 atom stereocenters. The number of methoxy groups -OCH3 is 1. The van der Waals surface area contributed by atoms with Gasteiger partial charge in [0.25, 0.3) is 0 Å². The summed E-state index contributed by atoms with van der Waals surface area (Å²) in [4.78, 5) is 11.7. The molecule has 19 heavy (non-hydrogen) atoms. The average Bonchev–Trinajstić information content (AvgIpc) is 2.43. The van der Waals surface area contributed by atoms with E-state index >= 15 is 0 Å². The van der Waals surface area contributed by atoms with Crippen LogP contribution in [0.3, 0.4) is 0 Å². The van der Waals surface area contributed by atoms with Gasteiger partial charge in [-0.25, -0.2) is 0 Å². The molecule has 0 heterocycles. The van der Waals surface area contributed by atoms with E-state index < -0.39 is 0 Å². The van der Waals surface area contributed by atoms with Crippen molar-refractivity contribution in [3.63, 3.8) is 0 Å². The third kappa shape index (κ3) is 5.02. The largest absolute Gasteiger partial charge is 0.495 e. The summed E-state index contributed by atoms with van der Waals surface area (Å²) < 4.78 is 5.20. The third-order valence-electron chi connectivity index (χ3n) is 2.54. The van der Waals surface area contributed by atoms with Crippen molar-refractivity contribution in [3.05, 3.63) is 23.8 Å². The molecule has 2 N–H and O–H groups in total. The monoisotopic (exact) mass is 261 g/mol. The molecule has 102 valence electrons. The van der Waals surface area contributed by atoms with Crippen molar-refractivity contribution in [1.82, 2.24) is 0 Å². The summed E-state index contributed by atoms with van der Waals surface area (Å²) in [5.74, 6) is 5.93. The van der Waals surface area contributed by atoms with Crippen molar-refractivity contribution in [2.75, 3.05) is 19.0 Å². The summed E-state index contributed by atoms with van der Waals surface area (Å²) in [6.07, 6.45) is 2.33. The minimum atomic E-state index is -0.190. The molecule has 0 aliphatic heterocycles. The first-order valence-corrected chi connectivity index (χ1v) is 6.28. The highest BCUT2D eigenvalue weighted by atomic mass is 16.5. The molecule has 4 heteroatoms. The van der Waals surface area contributed by atoms with Crippen molar-refractivity contribution in [1.29, 1.82) is 0 Å². The van der Waals surface area contributed by atoms with Gasteiger partial charge in [-0.1, -0.05) is 25.2 Å². The molecule has 0 saturated heterocycles. The summed E-state index contributed by atoms with van der Waals surface area (Å²) in [7, 11) is 1.55. The van der Waals surface area contributed by atoms with E-state index in [0.29, 0.717) is 17.9 Å². The lowest BCUT2D eigenvalue weighted by molar-refractivity contribution is -0.116. The second kappa shape index (κ2) is 8.17. The second-order valence-electron chi connectivity index (χ2n) is 4.03. The first-order chi connectivity index (χ1) is 9.21. The Morgan fingerprint density at radius 1 is 1.47 bits per heavy atom. The van der Waals surface area contributed by atoms with E-state index in [0.717, 1.165) is 18.4 Å². The van der Waals surface area contributed by atoms with Gasteiger partial charge < -0.3 is 15.2 Å². The molecule has 0 unspecified atom stereocenters.